The van der Waals surface area contributed by atoms with Gasteiger partial charge in [-0.3, -0.25) is 14.6 Å². The van der Waals surface area contributed by atoms with E-state index in [2.05, 4.69) is 9.80 Å². The maximum atomic E-state index is 12.4. The molecule has 3 heterocycles. The summed E-state index contributed by atoms with van der Waals surface area (Å²) in [6.45, 7) is 6.32. The van der Waals surface area contributed by atoms with Gasteiger partial charge in [0.05, 0.1) is 12.8 Å². The Hall–Kier alpha value is -2.38. The molecule has 7 nitrogen and oxygen atoms in total. The highest BCUT2D eigenvalue weighted by atomic mass is 16.5. The Kier molecular flexibility index (Phi) is 6.11. The van der Waals surface area contributed by atoms with Gasteiger partial charge >= 0.3 is 0 Å². The standard InChI is InChI=1S/C23H32N4O3/c1-17-20(25-21(30-17)18-6-8-19(29-2)9-7-18)16-26-14-10-23(11-15-26,22(24)28)27-12-4-3-5-13-27/h6-9H,3-5,10-16H2,1-2H3,(H2,24,28). The van der Waals surface area contributed by atoms with Crippen molar-refractivity contribution >= 4 is 5.91 Å². The van der Waals surface area contributed by atoms with Gasteiger partial charge in [0.1, 0.15) is 17.0 Å². The fraction of sp³-hybridized carbons (Fsp3) is 0.565. The molecule has 0 atom stereocenters. The number of rotatable bonds is 6. The number of likely N-dealkylation sites (tertiary alicyclic amines) is 2. The normalized spacial score (nSPS) is 20.2. The summed E-state index contributed by atoms with van der Waals surface area (Å²) in [4.78, 5) is 21.9. The van der Waals surface area contributed by atoms with Crippen LogP contribution in [0.1, 0.15) is 43.6 Å². The molecule has 1 aromatic carbocycles. The number of oxazole rings is 1. The molecule has 2 aliphatic heterocycles. The van der Waals surface area contributed by atoms with E-state index in [4.69, 9.17) is 19.9 Å². The van der Waals surface area contributed by atoms with Crippen LogP contribution in [-0.4, -0.2) is 59.5 Å². The second-order valence-electron chi connectivity index (χ2n) is 8.47. The Balaban J connectivity index is 1.42. The van der Waals surface area contributed by atoms with Gasteiger partial charge < -0.3 is 14.9 Å². The highest BCUT2D eigenvalue weighted by Gasteiger charge is 2.45. The number of carbonyl (C=O) groups excluding carboxylic acids is 1. The lowest BCUT2D eigenvalue weighted by Gasteiger charge is -2.48. The van der Waals surface area contributed by atoms with E-state index in [1.54, 1.807) is 7.11 Å². The quantitative estimate of drug-likeness (QED) is 0.785. The summed E-state index contributed by atoms with van der Waals surface area (Å²) >= 11 is 0. The minimum absolute atomic E-state index is 0.163. The first kappa shape index (κ1) is 20.9. The molecular weight excluding hydrogens is 380 g/mol. The molecule has 0 aliphatic carbocycles. The van der Waals surface area contributed by atoms with Crippen LogP contribution in [-0.2, 0) is 11.3 Å². The first-order valence-electron chi connectivity index (χ1n) is 10.9. The van der Waals surface area contributed by atoms with Gasteiger partial charge in [-0.2, -0.15) is 0 Å². The lowest BCUT2D eigenvalue weighted by Crippen LogP contribution is -2.63. The second-order valence-corrected chi connectivity index (χ2v) is 8.47. The van der Waals surface area contributed by atoms with Crippen molar-refractivity contribution in [1.82, 2.24) is 14.8 Å². The maximum absolute atomic E-state index is 12.4. The van der Waals surface area contributed by atoms with E-state index in [1.165, 1.54) is 6.42 Å². The van der Waals surface area contributed by atoms with Crippen LogP contribution in [0.4, 0.5) is 0 Å². The third-order valence-electron chi connectivity index (χ3n) is 6.71. The predicted octanol–water partition coefficient (Wildman–Crippen LogP) is 2.96. The molecule has 0 radical (unpaired) electrons. The summed E-state index contributed by atoms with van der Waals surface area (Å²) in [7, 11) is 1.65. The average molecular weight is 413 g/mol. The van der Waals surface area contributed by atoms with Crippen LogP contribution in [0.5, 0.6) is 5.75 Å². The van der Waals surface area contributed by atoms with Gasteiger partial charge in [-0.25, -0.2) is 4.98 Å². The van der Waals surface area contributed by atoms with Crippen LogP contribution in [0.2, 0.25) is 0 Å². The highest BCUT2D eigenvalue weighted by Crippen LogP contribution is 2.32. The first-order valence-corrected chi connectivity index (χ1v) is 10.9. The third kappa shape index (κ3) is 4.09. The maximum Gasteiger partial charge on any atom is 0.238 e. The molecule has 0 spiro atoms. The Bertz CT molecular complexity index is 863. The molecule has 1 amide bonds. The number of methoxy groups -OCH3 is 1. The van der Waals surface area contributed by atoms with Crippen molar-refractivity contribution in [3.8, 4) is 17.2 Å². The number of hydrogen-bond donors (Lipinski definition) is 1. The van der Waals surface area contributed by atoms with E-state index >= 15 is 0 Å². The van der Waals surface area contributed by atoms with Crippen molar-refractivity contribution in [2.75, 3.05) is 33.3 Å². The lowest BCUT2D eigenvalue weighted by molar-refractivity contribution is -0.135. The molecule has 0 saturated carbocycles. The van der Waals surface area contributed by atoms with Gasteiger partial charge in [0.15, 0.2) is 0 Å². The van der Waals surface area contributed by atoms with Gasteiger partial charge in [0.25, 0.3) is 0 Å². The summed E-state index contributed by atoms with van der Waals surface area (Å²) in [5.41, 5.74) is 7.31. The van der Waals surface area contributed by atoms with Crippen LogP contribution in [0.3, 0.4) is 0 Å². The molecular formula is C23H32N4O3. The van der Waals surface area contributed by atoms with Gasteiger partial charge in [0, 0.05) is 25.2 Å². The van der Waals surface area contributed by atoms with E-state index in [9.17, 15) is 4.79 Å². The van der Waals surface area contributed by atoms with E-state index in [0.717, 1.165) is 81.2 Å². The molecule has 2 N–H and O–H groups in total. The Morgan fingerprint density at radius 3 is 2.40 bits per heavy atom. The lowest BCUT2D eigenvalue weighted by atomic mass is 9.83. The van der Waals surface area contributed by atoms with Crippen LogP contribution in [0.25, 0.3) is 11.5 Å². The van der Waals surface area contributed by atoms with Crippen molar-refractivity contribution in [1.29, 1.82) is 0 Å². The summed E-state index contributed by atoms with van der Waals surface area (Å²) in [6.07, 6.45) is 5.13. The number of nitrogens with two attached hydrogens (primary N) is 1. The second kappa shape index (κ2) is 8.78. The fourth-order valence-corrected chi connectivity index (χ4v) is 4.77. The van der Waals surface area contributed by atoms with E-state index in [1.807, 2.05) is 31.2 Å². The summed E-state index contributed by atoms with van der Waals surface area (Å²) < 4.78 is 11.1. The topological polar surface area (TPSA) is 84.8 Å². The van der Waals surface area contributed by atoms with Crippen molar-refractivity contribution in [3.05, 3.63) is 35.7 Å². The van der Waals surface area contributed by atoms with E-state index in [-0.39, 0.29) is 5.91 Å². The minimum atomic E-state index is -0.482. The minimum Gasteiger partial charge on any atom is -0.497 e. The molecule has 2 aliphatic rings. The van der Waals surface area contributed by atoms with Crippen LogP contribution in [0.15, 0.2) is 28.7 Å². The van der Waals surface area contributed by atoms with Crippen LogP contribution in [0, 0.1) is 6.92 Å². The van der Waals surface area contributed by atoms with Crippen molar-refractivity contribution in [3.63, 3.8) is 0 Å². The number of aryl methyl sites for hydroxylation is 1. The van der Waals surface area contributed by atoms with Crippen molar-refractivity contribution in [2.45, 2.75) is 51.1 Å². The van der Waals surface area contributed by atoms with E-state index in [0.29, 0.717) is 5.89 Å². The molecule has 1 aromatic heterocycles. The van der Waals surface area contributed by atoms with Crippen molar-refractivity contribution in [2.24, 2.45) is 5.73 Å². The summed E-state index contributed by atoms with van der Waals surface area (Å²) in [5, 5.41) is 0. The summed E-state index contributed by atoms with van der Waals surface area (Å²) in [6, 6.07) is 7.72. The number of hydrogen-bond acceptors (Lipinski definition) is 6. The number of carbonyl (C=O) groups is 1. The molecule has 30 heavy (non-hydrogen) atoms. The molecule has 2 aromatic rings. The third-order valence-corrected chi connectivity index (χ3v) is 6.71. The van der Waals surface area contributed by atoms with Crippen molar-refractivity contribution < 1.29 is 13.9 Å². The van der Waals surface area contributed by atoms with Crippen LogP contribution >= 0.6 is 0 Å². The highest BCUT2D eigenvalue weighted by molar-refractivity contribution is 5.84. The number of nitrogens with zero attached hydrogens (tertiary/aromatic N) is 3. The molecule has 2 fully saturated rings. The Morgan fingerprint density at radius 2 is 1.80 bits per heavy atom. The molecule has 7 heteroatoms. The fourth-order valence-electron chi connectivity index (χ4n) is 4.77. The zero-order valence-corrected chi connectivity index (χ0v) is 18.0. The number of aromatic nitrogens is 1. The largest absolute Gasteiger partial charge is 0.497 e. The van der Waals surface area contributed by atoms with Gasteiger partial charge in [0.2, 0.25) is 11.8 Å². The number of piperidine rings is 2. The molecule has 162 valence electrons. The van der Waals surface area contributed by atoms with Gasteiger partial charge in [-0.1, -0.05) is 6.42 Å². The number of ether oxygens (including phenoxy) is 1. The molecule has 4 rings (SSSR count). The monoisotopic (exact) mass is 412 g/mol. The predicted molar refractivity (Wildman–Crippen MR) is 115 cm³/mol. The smallest absolute Gasteiger partial charge is 0.238 e. The van der Waals surface area contributed by atoms with E-state index < -0.39 is 5.54 Å². The van der Waals surface area contributed by atoms with Gasteiger partial charge in [-0.05, 0) is 70.0 Å². The zero-order chi connectivity index (χ0) is 21.1. The molecule has 0 unspecified atom stereocenters. The van der Waals surface area contributed by atoms with Gasteiger partial charge in [-0.15, -0.1) is 0 Å². The van der Waals surface area contributed by atoms with Crippen LogP contribution < -0.4 is 10.5 Å². The molecule has 2 saturated heterocycles. The number of amides is 1. The summed E-state index contributed by atoms with van der Waals surface area (Å²) in [5.74, 6) is 2.11. The molecule has 0 bridgehead atoms. The first-order chi connectivity index (χ1) is 14.5. The Labute approximate surface area is 178 Å². The average Bonchev–Trinajstić information content (AvgIpc) is 3.15. The Morgan fingerprint density at radius 1 is 1.13 bits per heavy atom. The number of benzene rings is 1. The zero-order valence-electron chi connectivity index (χ0n) is 18.0. The number of primary amides is 1. The SMILES string of the molecule is COc1ccc(-c2nc(CN3CCC(C(N)=O)(N4CCCCC4)CC3)c(C)o2)cc1.